The molecular formula is C10H20N2O3. The normalized spacial score (nSPS) is 19.3. The first-order valence-electron chi connectivity index (χ1n) is 5.26. The molecule has 0 saturated carbocycles. The van der Waals surface area contributed by atoms with E-state index in [-0.39, 0.29) is 5.91 Å². The van der Waals surface area contributed by atoms with Gasteiger partial charge in [-0.3, -0.25) is 9.69 Å². The van der Waals surface area contributed by atoms with E-state index in [1.54, 1.807) is 18.7 Å². The van der Waals surface area contributed by atoms with Crippen LogP contribution in [0, 0.1) is 0 Å². The van der Waals surface area contributed by atoms with E-state index in [1.807, 2.05) is 0 Å². The third-order valence-corrected chi connectivity index (χ3v) is 2.47. The zero-order valence-electron chi connectivity index (χ0n) is 9.44. The summed E-state index contributed by atoms with van der Waals surface area (Å²) in [7, 11) is 0. The van der Waals surface area contributed by atoms with Crippen LogP contribution in [0.2, 0.25) is 0 Å². The summed E-state index contributed by atoms with van der Waals surface area (Å²) in [6, 6.07) is 0. The molecule has 5 nitrogen and oxygen atoms in total. The second kappa shape index (κ2) is 4.92. The molecule has 0 aromatic heterocycles. The summed E-state index contributed by atoms with van der Waals surface area (Å²) in [5.74, 6) is -0.210. The first kappa shape index (κ1) is 12.4. The van der Waals surface area contributed by atoms with Crippen LogP contribution in [0.3, 0.4) is 0 Å². The topological polar surface area (TPSA) is 64.0 Å². The standard InChI is InChI=1S/C10H20N2O3/c1-10(2,15)8-11-3-5-12(6-4-11)9(14)7-13/h13,15H,3-8H2,1-2H3. The second-order valence-electron chi connectivity index (χ2n) is 4.63. The highest BCUT2D eigenvalue weighted by atomic mass is 16.3. The van der Waals surface area contributed by atoms with Crippen LogP contribution in [-0.2, 0) is 4.79 Å². The van der Waals surface area contributed by atoms with Crippen molar-refractivity contribution in [1.82, 2.24) is 9.80 Å². The lowest BCUT2D eigenvalue weighted by atomic mass is 10.1. The van der Waals surface area contributed by atoms with Gasteiger partial charge in [0.25, 0.3) is 0 Å². The molecule has 0 bridgehead atoms. The van der Waals surface area contributed by atoms with E-state index >= 15 is 0 Å². The molecule has 0 aromatic rings. The Hall–Kier alpha value is -0.650. The number of nitrogens with zero attached hydrogens (tertiary/aromatic N) is 2. The van der Waals surface area contributed by atoms with Crippen LogP contribution < -0.4 is 0 Å². The van der Waals surface area contributed by atoms with Crippen molar-refractivity contribution < 1.29 is 15.0 Å². The molecule has 1 aliphatic heterocycles. The number of hydrogen-bond acceptors (Lipinski definition) is 4. The van der Waals surface area contributed by atoms with Crippen molar-refractivity contribution in [2.24, 2.45) is 0 Å². The zero-order chi connectivity index (χ0) is 11.5. The Morgan fingerprint density at radius 1 is 1.27 bits per heavy atom. The Bertz CT molecular complexity index is 217. The molecule has 1 aliphatic rings. The first-order chi connectivity index (χ1) is 6.92. The van der Waals surface area contributed by atoms with Gasteiger partial charge in [-0.15, -0.1) is 0 Å². The van der Waals surface area contributed by atoms with Crippen molar-refractivity contribution in [2.45, 2.75) is 19.4 Å². The zero-order valence-corrected chi connectivity index (χ0v) is 9.44. The van der Waals surface area contributed by atoms with Gasteiger partial charge in [0.1, 0.15) is 6.61 Å². The van der Waals surface area contributed by atoms with Crippen molar-refractivity contribution in [1.29, 1.82) is 0 Å². The van der Waals surface area contributed by atoms with E-state index in [2.05, 4.69) is 4.90 Å². The molecule has 0 atom stereocenters. The highest BCUT2D eigenvalue weighted by Crippen LogP contribution is 2.08. The van der Waals surface area contributed by atoms with Gasteiger partial charge in [0, 0.05) is 32.7 Å². The molecule has 1 fully saturated rings. The van der Waals surface area contributed by atoms with Gasteiger partial charge in [-0.1, -0.05) is 0 Å². The largest absolute Gasteiger partial charge is 0.389 e. The molecular weight excluding hydrogens is 196 g/mol. The summed E-state index contributed by atoms with van der Waals surface area (Å²) in [6.45, 7) is 6.55. The number of aliphatic hydroxyl groups is 2. The van der Waals surface area contributed by atoms with Crippen molar-refractivity contribution in [3.05, 3.63) is 0 Å². The number of rotatable bonds is 3. The molecule has 1 rings (SSSR count). The number of β-amino-alcohol motifs (C(OH)–C–C–N with tert-alkyl or cyclic N) is 1. The van der Waals surface area contributed by atoms with Crippen LogP contribution in [0.25, 0.3) is 0 Å². The Morgan fingerprint density at radius 2 is 1.80 bits per heavy atom. The highest BCUT2D eigenvalue weighted by molar-refractivity contribution is 5.77. The van der Waals surface area contributed by atoms with Gasteiger partial charge in [-0.2, -0.15) is 0 Å². The molecule has 0 unspecified atom stereocenters. The summed E-state index contributed by atoms with van der Waals surface area (Å²) < 4.78 is 0. The van der Waals surface area contributed by atoms with Crippen molar-refractivity contribution in [3.8, 4) is 0 Å². The first-order valence-corrected chi connectivity index (χ1v) is 5.26. The smallest absolute Gasteiger partial charge is 0.248 e. The maximum absolute atomic E-state index is 11.2. The van der Waals surface area contributed by atoms with E-state index < -0.39 is 12.2 Å². The third kappa shape index (κ3) is 4.15. The average molecular weight is 216 g/mol. The summed E-state index contributed by atoms with van der Waals surface area (Å²) >= 11 is 0. The average Bonchev–Trinajstić information content (AvgIpc) is 2.15. The second-order valence-corrected chi connectivity index (χ2v) is 4.63. The quantitative estimate of drug-likeness (QED) is 0.628. The van der Waals surface area contributed by atoms with Gasteiger partial charge in [-0.25, -0.2) is 0 Å². The number of piperazine rings is 1. The van der Waals surface area contributed by atoms with Gasteiger partial charge in [-0.05, 0) is 13.8 Å². The van der Waals surface area contributed by atoms with Gasteiger partial charge in [0.2, 0.25) is 5.91 Å². The maximum atomic E-state index is 11.2. The molecule has 5 heteroatoms. The number of carbonyl (C=O) groups excluding carboxylic acids is 1. The van der Waals surface area contributed by atoms with Crippen molar-refractivity contribution in [3.63, 3.8) is 0 Å². The summed E-state index contributed by atoms with van der Waals surface area (Å²) in [4.78, 5) is 14.9. The van der Waals surface area contributed by atoms with Gasteiger partial charge in [0.05, 0.1) is 5.60 Å². The summed E-state index contributed by atoms with van der Waals surface area (Å²) in [5.41, 5.74) is -0.691. The fraction of sp³-hybridized carbons (Fsp3) is 0.900. The molecule has 1 amide bonds. The minimum Gasteiger partial charge on any atom is -0.389 e. The lowest BCUT2D eigenvalue weighted by Crippen LogP contribution is -2.52. The summed E-state index contributed by atoms with van der Waals surface area (Å²) in [5, 5.41) is 18.3. The van der Waals surface area contributed by atoms with Crippen LogP contribution in [0.15, 0.2) is 0 Å². The fourth-order valence-corrected chi connectivity index (χ4v) is 1.80. The molecule has 0 spiro atoms. The minimum absolute atomic E-state index is 0.210. The molecule has 1 heterocycles. The number of carbonyl (C=O) groups is 1. The van der Waals surface area contributed by atoms with Crippen LogP contribution >= 0.6 is 0 Å². The lowest BCUT2D eigenvalue weighted by Gasteiger charge is -2.37. The van der Waals surface area contributed by atoms with E-state index in [9.17, 15) is 9.90 Å². The Morgan fingerprint density at radius 3 is 2.20 bits per heavy atom. The SMILES string of the molecule is CC(C)(O)CN1CCN(C(=O)CO)CC1. The predicted molar refractivity (Wildman–Crippen MR) is 56.4 cm³/mol. The van der Waals surface area contributed by atoms with E-state index in [4.69, 9.17) is 5.11 Å². The molecule has 0 aromatic carbocycles. The summed E-state index contributed by atoms with van der Waals surface area (Å²) in [6.07, 6.45) is 0. The molecule has 0 radical (unpaired) electrons. The molecule has 88 valence electrons. The number of aliphatic hydroxyl groups excluding tert-OH is 1. The fourth-order valence-electron chi connectivity index (χ4n) is 1.80. The number of hydrogen-bond donors (Lipinski definition) is 2. The van der Waals surface area contributed by atoms with Crippen LogP contribution in [0.5, 0.6) is 0 Å². The van der Waals surface area contributed by atoms with Crippen LogP contribution in [0.4, 0.5) is 0 Å². The van der Waals surface area contributed by atoms with Crippen LogP contribution in [0.1, 0.15) is 13.8 Å². The minimum atomic E-state index is -0.691. The number of amides is 1. The van der Waals surface area contributed by atoms with E-state index in [0.29, 0.717) is 19.6 Å². The van der Waals surface area contributed by atoms with Crippen LogP contribution in [-0.4, -0.2) is 70.9 Å². The molecule has 2 N–H and O–H groups in total. The predicted octanol–water partition coefficient (Wildman–Crippen LogP) is -1.11. The Balaban J connectivity index is 2.33. The van der Waals surface area contributed by atoms with Gasteiger partial charge >= 0.3 is 0 Å². The monoisotopic (exact) mass is 216 g/mol. The highest BCUT2D eigenvalue weighted by Gasteiger charge is 2.24. The molecule has 15 heavy (non-hydrogen) atoms. The third-order valence-electron chi connectivity index (χ3n) is 2.47. The molecule has 0 aliphatic carbocycles. The van der Waals surface area contributed by atoms with E-state index in [0.717, 1.165) is 13.1 Å². The lowest BCUT2D eigenvalue weighted by molar-refractivity contribution is -0.136. The Kier molecular flexibility index (Phi) is 4.07. The maximum Gasteiger partial charge on any atom is 0.248 e. The molecule has 1 saturated heterocycles. The van der Waals surface area contributed by atoms with Crippen molar-refractivity contribution in [2.75, 3.05) is 39.3 Å². The Labute approximate surface area is 90.3 Å². The van der Waals surface area contributed by atoms with E-state index in [1.165, 1.54) is 0 Å². The van der Waals surface area contributed by atoms with Gasteiger partial charge < -0.3 is 15.1 Å². The van der Waals surface area contributed by atoms with Crippen molar-refractivity contribution >= 4 is 5.91 Å². The van der Waals surface area contributed by atoms with Gasteiger partial charge in [0.15, 0.2) is 0 Å².